The maximum Gasteiger partial charge on any atom is 0.269 e. The summed E-state index contributed by atoms with van der Waals surface area (Å²) in [6, 6.07) is 6.48. The maximum absolute atomic E-state index is 12.0. The Bertz CT molecular complexity index is 525. The van der Waals surface area contributed by atoms with Crippen LogP contribution in [0, 0.1) is 10.1 Å². The van der Waals surface area contributed by atoms with E-state index in [-0.39, 0.29) is 29.4 Å². The molecule has 6 nitrogen and oxygen atoms in total. The lowest BCUT2D eigenvalue weighted by Crippen LogP contribution is -3.00. The van der Waals surface area contributed by atoms with Crippen LogP contribution in [0.3, 0.4) is 0 Å². The fourth-order valence-corrected chi connectivity index (χ4v) is 3.51. The summed E-state index contributed by atoms with van der Waals surface area (Å²) in [5, 5.41) is 10.7. The Morgan fingerprint density at radius 1 is 1.36 bits per heavy atom. The Morgan fingerprint density at radius 2 is 2.00 bits per heavy atom. The summed E-state index contributed by atoms with van der Waals surface area (Å²) in [6.07, 6.45) is 0.919. The lowest BCUT2D eigenvalue weighted by Gasteiger charge is -2.24. The summed E-state index contributed by atoms with van der Waals surface area (Å²) in [5.41, 5.74) is 1.02. The molecule has 0 aliphatic carbocycles. The molecule has 0 aromatic heterocycles. The van der Waals surface area contributed by atoms with Gasteiger partial charge < -0.3 is 22.2 Å². The van der Waals surface area contributed by atoms with Gasteiger partial charge in [-0.2, -0.15) is 0 Å². The number of carbonyl (C=O) groups is 1. The first-order valence-electron chi connectivity index (χ1n) is 6.79. The second kappa shape index (κ2) is 8.36. The molecule has 1 heterocycles. The van der Waals surface area contributed by atoms with Crippen molar-refractivity contribution in [2.45, 2.75) is 11.8 Å². The molecule has 1 aliphatic heterocycles. The molecular formula is C14H19ClN3O3S-. The van der Waals surface area contributed by atoms with Gasteiger partial charge in [0.2, 0.25) is 5.91 Å². The third-order valence-corrected chi connectivity index (χ3v) is 4.62. The molecular weight excluding hydrogens is 326 g/mol. The van der Waals surface area contributed by atoms with Gasteiger partial charge >= 0.3 is 0 Å². The number of rotatable bonds is 6. The molecule has 1 aliphatic rings. The van der Waals surface area contributed by atoms with Crippen LogP contribution < -0.4 is 12.4 Å². The van der Waals surface area contributed by atoms with E-state index in [1.54, 1.807) is 23.9 Å². The number of amides is 1. The highest BCUT2D eigenvalue weighted by molar-refractivity contribution is 8.00. The second-order valence-corrected chi connectivity index (χ2v) is 6.32. The molecule has 0 saturated carbocycles. The first-order chi connectivity index (χ1) is 9.99. The lowest BCUT2D eigenvalue weighted by atomic mass is 10.2. The summed E-state index contributed by atoms with van der Waals surface area (Å²) >= 11 is 1.58. The maximum atomic E-state index is 12.0. The predicted molar refractivity (Wildman–Crippen MR) is 83.2 cm³/mol. The van der Waals surface area contributed by atoms with E-state index in [1.807, 2.05) is 19.0 Å². The van der Waals surface area contributed by atoms with Crippen molar-refractivity contribution in [2.75, 3.05) is 32.9 Å². The highest BCUT2D eigenvalue weighted by atomic mass is 35.5. The lowest BCUT2D eigenvalue weighted by molar-refractivity contribution is -0.384. The van der Waals surface area contributed by atoms with E-state index < -0.39 is 4.92 Å². The molecule has 8 heteroatoms. The van der Waals surface area contributed by atoms with Crippen LogP contribution in [0.5, 0.6) is 0 Å². The van der Waals surface area contributed by atoms with Gasteiger partial charge in [-0.05, 0) is 44.8 Å². The molecule has 1 amide bonds. The van der Waals surface area contributed by atoms with Gasteiger partial charge in [-0.1, -0.05) is 0 Å². The summed E-state index contributed by atoms with van der Waals surface area (Å²) in [4.78, 5) is 26.2. The molecule has 0 bridgehead atoms. The minimum atomic E-state index is -0.411. The van der Waals surface area contributed by atoms with Crippen LogP contribution >= 0.6 is 11.8 Å². The van der Waals surface area contributed by atoms with E-state index in [0.717, 1.165) is 18.5 Å². The van der Waals surface area contributed by atoms with Crippen molar-refractivity contribution >= 4 is 23.4 Å². The van der Waals surface area contributed by atoms with Crippen molar-refractivity contribution in [3.63, 3.8) is 0 Å². The molecule has 1 fully saturated rings. The van der Waals surface area contributed by atoms with Gasteiger partial charge in [-0.25, -0.2) is 0 Å². The molecule has 1 saturated heterocycles. The van der Waals surface area contributed by atoms with E-state index in [2.05, 4.69) is 4.90 Å². The van der Waals surface area contributed by atoms with Crippen molar-refractivity contribution < 1.29 is 22.1 Å². The van der Waals surface area contributed by atoms with Crippen LogP contribution in [0.4, 0.5) is 5.69 Å². The monoisotopic (exact) mass is 344 g/mol. The molecule has 0 radical (unpaired) electrons. The normalized spacial score (nSPS) is 17.7. The zero-order valence-electron chi connectivity index (χ0n) is 12.6. The fourth-order valence-electron chi connectivity index (χ4n) is 2.29. The average Bonchev–Trinajstić information content (AvgIpc) is 2.80. The first-order valence-corrected chi connectivity index (χ1v) is 7.84. The van der Waals surface area contributed by atoms with Gasteiger partial charge in [-0.15, -0.1) is 11.8 Å². The number of thioether (sulfide) groups is 1. The number of carbonyl (C=O) groups excluding carboxylic acids is 1. The first kappa shape index (κ1) is 18.7. The second-order valence-electron chi connectivity index (χ2n) is 5.26. The quantitative estimate of drug-likeness (QED) is 0.495. The smallest absolute Gasteiger partial charge is 0.269 e. The third-order valence-electron chi connectivity index (χ3n) is 3.36. The molecule has 2 rings (SSSR count). The molecule has 1 aromatic rings. The number of nitrogens with zero attached hydrogens (tertiary/aromatic N) is 3. The number of hydrogen-bond acceptors (Lipinski definition) is 5. The van der Waals surface area contributed by atoms with E-state index in [1.165, 1.54) is 12.1 Å². The highest BCUT2D eigenvalue weighted by Crippen LogP contribution is 2.38. The number of nitro benzene ring substituents is 1. The fraction of sp³-hybridized carbons (Fsp3) is 0.500. The molecule has 22 heavy (non-hydrogen) atoms. The molecule has 1 aromatic carbocycles. The number of non-ortho nitro benzene ring substituents is 1. The highest BCUT2D eigenvalue weighted by Gasteiger charge is 2.32. The van der Waals surface area contributed by atoms with Gasteiger partial charge in [0.05, 0.1) is 10.7 Å². The Hall–Kier alpha value is -1.31. The van der Waals surface area contributed by atoms with Crippen molar-refractivity contribution in [3.05, 3.63) is 39.9 Å². The van der Waals surface area contributed by atoms with E-state index >= 15 is 0 Å². The number of nitro groups is 1. The van der Waals surface area contributed by atoms with Crippen molar-refractivity contribution in [2.24, 2.45) is 0 Å². The van der Waals surface area contributed by atoms with Crippen molar-refractivity contribution in [1.82, 2.24) is 9.80 Å². The summed E-state index contributed by atoms with van der Waals surface area (Å²) in [6.45, 7) is 1.65. The van der Waals surface area contributed by atoms with Gasteiger partial charge in [0.25, 0.3) is 5.69 Å². The number of halogens is 1. The zero-order chi connectivity index (χ0) is 15.4. The van der Waals surface area contributed by atoms with Gasteiger partial charge in [-0.3, -0.25) is 14.9 Å². The standard InChI is InChI=1S/C14H19N3O3S.ClH/c1-15(2)8-3-9-16-13(18)10-21-14(16)11-4-6-12(7-5-11)17(19)20;/h4-7,14H,3,8-10H2,1-2H3;1H/p-1. The third kappa shape index (κ3) is 4.59. The minimum absolute atomic E-state index is 0. The Kier molecular flexibility index (Phi) is 7.12. The predicted octanol–water partition coefficient (Wildman–Crippen LogP) is -0.875. The SMILES string of the molecule is CN(C)CCCN1C(=O)CSC1c1ccc([N+](=O)[O-])cc1.[Cl-]. The zero-order valence-corrected chi connectivity index (χ0v) is 14.1. The largest absolute Gasteiger partial charge is 1.00 e. The van der Waals surface area contributed by atoms with Crippen LogP contribution in [-0.4, -0.2) is 53.6 Å². The van der Waals surface area contributed by atoms with Crippen molar-refractivity contribution in [1.29, 1.82) is 0 Å². The van der Waals surface area contributed by atoms with E-state index in [0.29, 0.717) is 12.3 Å². The molecule has 1 atom stereocenters. The topological polar surface area (TPSA) is 66.7 Å². The van der Waals surface area contributed by atoms with Crippen LogP contribution in [0.25, 0.3) is 0 Å². The minimum Gasteiger partial charge on any atom is -1.00 e. The van der Waals surface area contributed by atoms with Gasteiger partial charge in [0, 0.05) is 18.7 Å². The Morgan fingerprint density at radius 3 is 2.55 bits per heavy atom. The Labute approximate surface area is 140 Å². The van der Waals surface area contributed by atoms with Gasteiger partial charge in [0.1, 0.15) is 5.37 Å². The number of benzene rings is 1. The van der Waals surface area contributed by atoms with Gasteiger partial charge in [0.15, 0.2) is 0 Å². The molecule has 1 unspecified atom stereocenters. The summed E-state index contributed by atoms with van der Waals surface area (Å²) in [5.74, 6) is 0.617. The summed E-state index contributed by atoms with van der Waals surface area (Å²) < 4.78 is 0. The van der Waals surface area contributed by atoms with E-state index in [4.69, 9.17) is 0 Å². The summed E-state index contributed by atoms with van der Waals surface area (Å²) in [7, 11) is 4.02. The molecule has 0 N–H and O–H groups in total. The number of hydrogen-bond donors (Lipinski definition) is 0. The molecule has 0 spiro atoms. The van der Waals surface area contributed by atoms with Crippen LogP contribution in [0.1, 0.15) is 17.4 Å². The Balaban J connectivity index is 0.00000242. The van der Waals surface area contributed by atoms with Crippen molar-refractivity contribution in [3.8, 4) is 0 Å². The average molecular weight is 345 g/mol. The van der Waals surface area contributed by atoms with Crippen LogP contribution in [0.2, 0.25) is 0 Å². The van der Waals surface area contributed by atoms with E-state index in [9.17, 15) is 14.9 Å². The van der Waals surface area contributed by atoms with Crippen LogP contribution in [-0.2, 0) is 4.79 Å². The molecule has 122 valence electrons. The van der Waals surface area contributed by atoms with Crippen LogP contribution in [0.15, 0.2) is 24.3 Å².